The fourth-order valence-corrected chi connectivity index (χ4v) is 1.71. The maximum Gasteiger partial charge on any atom is 0.0714 e. The highest BCUT2D eigenvalue weighted by molar-refractivity contribution is 6.05. The third-order valence-corrected chi connectivity index (χ3v) is 2.27. The lowest BCUT2D eigenvalue weighted by atomic mass is 10.1. The van der Waals surface area contributed by atoms with E-state index in [0.29, 0.717) is 0 Å². The molecule has 0 amide bonds. The van der Waals surface area contributed by atoms with Crippen molar-refractivity contribution in [1.29, 1.82) is 0 Å². The molecule has 0 unspecified atom stereocenters. The Balaban J connectivity index is 0.000000653. The summed E-state index contributed by atoms with van der Waals surface area (Å²) in [6, 6.07) is 8.38. The van der Waals surface area contributed by atoms with Gasteiger partial charge in [0.15, 0.2) is 0 Å². The van der Waals surface area contributed by atoms with Crippen LogP contribution in [0.2, 0.25) is 0 Å². The zero-order valence-electron chi connectivity index (χ0n) is 6.90. The Hall–Kier alpha value is -1.34. The molecule has 0 atom stereocenters. The SMILES string of the molecule is C1=NC2=Cc3ccccc3C2=C1.Cl. The molecule has 1 aliphatic heterocycles. The van der Waals surface area contributed by atoms with Crippen molar-refractivity contribution >= 4 is 30.3 Å². The van der Waals surface area contributed by atoms with E-state index in [2.05, 4.69) is 41.4 Å². The van der Waals surface area contributed by atoms with Gasteiger partial charge in [-0.1, -0.05) is 24.3 Å². The molecule has 1 heterocycles. The molecule has 1 aromatic rings. The minimum absolute atomic E-state index is 0. The number of nitrogens with zero attached hydrogens (tertiary/aromatic N) is 1. The van der Waals surface area contributed by atoms with E-state index in [1.807, 2.05) is 6.21 Å². The monoisotopic (exact) mass is 189 g/mol. The first-order valence-corrected chi connectivity index (χ1v) is 4.01. The molecular weight excluding hydrogens is 182 g/mol. The molecule has 2 aliphatic rings. The van der Waals surface area contributed by atoms with Crippen molar-refractivity contribution in [3.63, 3.8) is 0 Å². The Bertz CT molecular complexity index is 441. The van der Waals surface area contributed by atoms with Crippen molar-refractivity contribution in [3.8, 4) is 0 Å². The predicted octanol–water partition coefficient (Wildman–Crippen LogP) is 2.93. The number of fused-ring (bicyclic) bond motifs is 3. The maximum atomic E-state index is 4.26. The Labute approximate surface area is 82.9 Å². The summed E-state index contributed by atoms with van der Waals surface area (Å²) in [4.78, 5) is 4.26. The fourth-order valence-electron chi connectivity index (χ4n) is 1.71. The lowest BCUT2D eigenvalue weighted by Gasteiger charge is -1.97. The molecular formula is C11H8ClN. The highest BCUT2D eigenvalue weighted by Crippen LogP contribution is 2.37. The van der Waals surface area contributed by atoms with Crippen molar-refractivity contribution in [1.82, 2.24) is 0 Å². The van der Waals surface area contributed by atoms with Crippen LogP contribution < -0.4 is 0 Å². The van der Waals surface area contributed by atoms with Gasteiger partial charge in [0.2, 0.25) is 0 Å². The number of hydrogen-bond donors (Lipinski definition) is 0. The van der Waals surface area contributed by atoms with Crippen LogP contribution in [0.4, 0.5) is 0 Å². The van der Waals surface area contributed by atoms with Crippen molar-refractivity contribution in [2.24, 2.45) is 4.99 Å². The minimum atomic E-state index is 0. The zero-order valence-corrected chi connectivity index (χ0v) is 7.71. The molecule has 2 heteroatoms. The van der Waals surface area contributed by atoms with Crippen LogP contribution in [0.1, 0.15) is 11.1 Å². The lowest BCUT2D eigenvalue weighted by molar-refractivity contribution is 1.53. The van der Waals surface area contributed by atoms with E-state index in [1.54, 1.807) is 0 Å². The van der Waals surface area contributed by atoms with E-state index in [0.717, 1.165) is 5.70 Å². The fraction of sp³-hybridized carbons (Fsp3) is 0. The average molecular weight is 190 g/mol. The van der Waals surface area contributed by atoms with Crippen LogP contribution in [-0.4, -0.2) is 6.21 Å². The first-order chi connectivity index (χ1) is 5.95. The molecule has 1 aliphatic carbocycles. The number of halogens is 1. The van der Waals surface area contributed by atoms with E-state index in [4.69, 9.17) is 0 Å². The molecule has 13 heavy (non-hydrogen) atoms. The number of allylic oxidation sites excluding steroid dienone is 2. The van der Waals surface area contributed by atoms with E-state index in [-0.39, 0.29) is 12.4 Å². The summed E-state index contributed by atoms with van der Waals surface area (Å²) in [5, 5.41) is 0. The van der Waals surface area contributed by atoms with Gasteiger partial charge in [0.25, 0.3) is 0 Å². The van der Waals surface area contributed by atoms with Gasteiger partial charge in [-0.3, -0.25) is 4.99 Å². The highest BCUT2D eigenvalue weighted by Gasteiger charge is 2.18. The summed E-state index contributed by atoms with van der Waals surface area (Å²) in [6.45, 7) is 0. The second kappa shape index (κ2) is 2.86. The van der Waals surface area contributed by atoms with Gasteiger partial charge < -0.3 is 0 Å². The topological polar surface area (TPSA) is 12.4 Å². The zero-order chi connectivity index (χ0) is 7.97. The van der Waals surface area contributed by atoms with Gasteiger partial charge in [0.1, 0.15) is 0 Å². The van der Waals surface area contributed by atoms with Crippen LogP contribution in [0, 0.1) is 0 Å². The summed E-state index contributed by atoms with van der Waals surface area (Å²) in [7, 11) is 0. The molecule has 3 rings (SSSR count). The molecule has 1 nitrogen and oxygen atoms in total. The molecule has 0 saturated heterocycles. The average Bonchev–Trinajstić information content (AvgIpc) is 2.62. The van der Waals surface area contributed by atoms with Crippen molar-refractivity contribution < 1.29 is 0 Å². The van der Waals surface area contributed by atoms with Gasteiger partial charge in [-0.2, -0.15) is 0 Å². The van der Waals surface area contributed by atoms with Gasteiger partial charge in [0, 0.05) is 11.8 Å². The number of hydrogen-bond acceptors (Lipinski definition) is 1. The second-order valence-electron chi connectivity index (χ2n) is 2.98. The summed E-state index contributed by atoms with van der Waals surface area (Å²) in [5.74, 6) is 0. The van der Waals surface area contributed by atoms with Crippen LogP contribution in [0.3, 0.4) is 0 Å². The van der Waals surface area contributed by atoms with Crippen LogP contribution >= 0.6 is 12.4 Å². The Morgan fingerprint density at radius 2 is 1.92 bits per heavy atom. The Kier molecular flexibility index (Phi) is 1.82. The molecule has 0 bridgehead atoms. The third kappa shape index (κ3) is 1.04. The largest absolute Gasteiger partial charge is 0.256 e. The minimum Gasteiger partial charge on any atom is -0.256 e. The Morgan fingerprint density at radius 1 is 1.08 bits per heavy atom. The van der Waals surface area contributed by atoms with E-state index in [1.165, 1.54) is 16.7 Å². The molecule has 64 valence electrons. The van der Waals surface area contributed by atoms with Crippen LogP contribution in [0.15, 0.2) is 41.0 Å². The summed E-state index contributed by atoms with van der Waals surface area (Å²) < 4.78 is 0. The van der Waals surface area contributed by atoms with Crippen molar-refractivity contribution in [3.05, 3.63) is 47.2 Å². The van der Waals surface area contributed by atoms with Gasteiger partial charge >= 0.3 is 0 Å². The van der Waals surface area contributed by atoms with E-state index < -0.39 is 0 Å². The summed E-state index contributed by atoms with van der Waals surface area (Å²) >= 11 is 0. The number of benzene rings is 1. The standard InChI is InChI=1S/C11H7N.ClH/c1-2-4-9-8(3-1)7-11-10(9)5-6-12-11;/h1-7H;1H. The van der Waals surface area contributed by atoms with E-state index >= 15 is 0 Å². The van der Waals surface area contributed by atoms with Crippen LogP contribution in [-0.2, 0) is 0 Å². The van der Waals surface area contributed by atoms with Gasteiger partial charge in [-0.25, -0.2) is 0 Å². The van der Waals surface area contributed by atoms with Gasteiger partial charge in [-0.15, -0.1) is 12.4 Å². The van der Waals surface area contributed by atoms with Gasteiger partial charge in [-0.05, 0) is 23.3 Å². The first-order valence-electron chi connectivity index (χ1n) is 4.01. The number of aliphatic imine (C=N–C) groups is 1. The Morgan fingerprint density at radius 3 is 2.85 bits per heavy atom. The van der Waals surface area contributed by atoms with Gasteiger partial charge in [0.05, 0.1) is 5.70 Å². The first kappa shape index (κ1) is 8.27. The van der Waals surface area contributed by atoms with Crippen LogP contribution in [0.25, 0.3) is 11.6 Å². The number of rotatable bonds is 0. The predicted molar refractivity (Wildman–Crippen MR) is 58.1 cm³/mol. The lowest BCUT2D eigenvalue weighted by Crippen LogP contribution is -1.78. The summed E-state index contributed by atoms with van der Waals surface area (Å²) in [6.07, 6.45) is 6.06. The molecule has 1 aromatic carbocycles. The van der Waals surface area contributed by atoms with Crippen molar-refractivity contribution in [2.45, 2.75) is 0 Å². The summed E-state index contributed by atoms with van der Waals surface area (Å²) in [5.41, 5.74) is 4.97. The highest BCUT2D eigenvalue weighted by atomic mass is 35.5. The van der Waals surface area contributed by atoms with E-state index in [9.17, 15) is 0 Å². The normalized spacial score (nSPS) is 15.7. The molecule has 0 saturated carbocycles. The van der Waals surface area contributed by atoms with Crippen LogP contribution in [0.5, 0.6) is 0 Å². The molecule has 0 fully saturated rings. The smallest absolute Gasteiger partial charge is 0.0714 e. The molecule has 0 spiro atoms. The van der Waals surface area contributed by atoms with Crippen molar-refractivity contribution in [2.75, 3.05) is 0 Å². The molecule has 0 N–H and O–H groups in total. The molecule has 0 aromatic heterocycles. The molecule has 0 radical (unpaired) electrons. The quantitative estimate of drug-likeness (QED) is 0.595. The second-order valence-corrected chi connectivity index (χ2v) is 2.98. The third-order valence-electron chi connectivity index (χ3n) is 2.27. The maximum absolute atomic E-state index is 4.26.